The van der Waals surface area contributed by atoms with E-state index in [1.807, 2.05) is 13.0 Å². The molecule has 0 aliphatic heterocycles. The van der Waals surface area contributed by atoms with Gasteiger partial charge in [0.05, 0.1) is 4.90 Å². The second-order valence-corrected chi connectivity index (χ2v) is 8.01. The number of nitrogens with one attached hydrogen (secondary N) is 2. The number of hydrogen-bond donors (Lipinski definition) is 2. The largest absolute Gasteiger partial charge is 0.315 e. The Balaban J connectivity index is 0.00000288. The second-order valence-electron chi connectivity index (χ2n) is 6.29. The van der Waals surface area contributed by atoms with Crippen molar-refractivity contribution in [1.82, 2.24) is 15.0 Å². The lowest BCUT2D eigenvalue weighted by atomic mass is 10.1. The number of nitrogens with zero attached hydrogens (tertiary/aromatic N) is 1. The van der Waals surface area contributed by atoms with E-state index in [1.54, 1.807) is 30.6 Å². The van der Waals surface area contributed by atoms with Crippen LogP contribution in [0.15, 0.2) is 41.6 Å². The quantitative estimate of drug-likeness (QED) is 0.700. The molecule has 1 aromatic heterocycles. The first-order valence-corrected chi connectivity index (χ1v) is 9.43. The molecule has 1 atom stereocenters. The second kappa shape index (κ2) is 9.32. The van der Waals surface area contributed by atoms with E-state index in [2.05, 4.69) is 28.9 Å². The van der Waals surface area contributed by atoms with E-state index in [0.717, 1.165) is 23.7 Å². The summed E-state index contributed by atoms with van der Waals surface area (Å²) in [6.45, 7) is 7.72. The minimum Gasteiger partial charge on any atom is -0.315 e. The van der Waals surface area contributed by atoms with Gasteiger partial charge in [-0.2, -0.15) is 0 Å². The predicted octanol–water partition coefficient (Wildman–Crippen LogP) is 2.96. The van der Waals surface area contributed by atoms with Gasteiger partial charge in [0.1, 0.15) is 0 Å². The average molecular weight is 372 g/mol. The van der Waals surface area contributed by atoms with Crippen LogP contribution in [0.3, 0.4) is 0 Å². The van der Waals surface area contributed by atoms with Gasteiger partial charge in [0, 0.05) is 30.4 Å². The first kappa shape index (κ1) is 20.8. The van der Waals surface area contributed by atoms with Crippen molar-refractivity contribution < 1.29 is 8.42 Å². The number of fused-ring (bicyclic) bond motifs is 1. The van der Waals surface area contributed by atoms with Gasteiger partial charge in [0.15, 0.2) is 0 Å². The normalized spacial score (nSPS) is 13.0. The first-order chi connectivity index (χ1) is 10.9. The number of hydrogen-bond acceptors (Lipinski definition) is 4. The summed E-state index contributed by atoms with van der Waals surface area (Å²) in [6, 6.07) is 6.72. The highest BCUT2D eigenvalue weighted by Gasteiger charge is 2.17. The number of benzene rings is 1. The van der Waals surface area contributed by atoms with Gasteiger partial charge in [0.2, 0.25) is 10.0 Å². The molecule has 5 nitrogen and oxygen atoms in total. The molecule has 0 aliphatic rings. The van der Waals surface area contributed by atoms with Gasteiger partial charge in [-0.05, 0) is 49.4 Å². The molecule has 0 radical (unpaired) electrons. The molecule has 0 unspecified atom stereocenters. The maximum Gasteiger partial charge on any atom is 0.240 e. The Morgan fingerprint density at radius 3 is 2.58 bits per heavy atom. The van der Waals surface area contributed by atoms with Crippen molar-refractivity contribution in [1.29, 1.82) is 0 Å². The smallest absolute Gasteiger partial charge is 0.240 e. The Labute approximate surface area is 150 Å². The first-order valence-electron chi connectivity index (χ1n) is 7.95. The fourth-order valence-electron chi connectivity index (χ4n) is 2.31. The van der Waals surface area contributed by atoms with Crippen LogP contribution < -0.4 is 10.0 Å². The topological polar surface area (TPSA) is 71.1 Å². The van der Waals surface area contributed by atoms with Crippen molar-refractivity contribution >= 4 is 33.2 Å². The van der Waals surface area contributed by atoms with Crippen molar-refractivity contribution in [2.75, 3.05) is 13.1 Å². The maximum atomic E-state index is 12.5. The fourth-order valence-corrected chi connectivity index (χ4v) is 3.59. The molecule has 134 valence electrons. The molecule has 0 spiro atoms. The van der Waals surface area contributed by atoms with Gasteiger partial charge in [-0.15, -0.1) is 12.4 Å². The lowest BCUT2D eigenvalue weighted by molar-refractivity contribution is 0.501. The molecule has 7 heteroatoms. The average Bonchev–Trinajstić information content (AvgIpc) is 2.50. The van der Waals surface area contributed by atoms with Crippen LogP contribution >= 0.6 is 12.4 Å². The molecule has 0 fully saturated rings. The maximum absolute atomic E-state index is 12.5. The standard InChI is InChI=1S/C17H25N3O2S.ClH/c1-13(2)6-8-18-11-14(3)20-23(21,22)17-5-4-16-12-19-9-7-15(16)10-17;/h4-5,7,9-10,12-14,18,20H,6,8,11H2,1-3H3;1H/t14-;/m1./s1. The summed E-state index contributed by atoms with van der Waals surface area (Å²) in [5.74, 6) is 0.640. The van der Waals surface area contributed by atoms with Crippen LogP contribution in [0.4, 0.5) is 0 Å². The third-order valence-electron chi connectivity index (χ3n) is 3.63. The van der Waals surface area contributed by atoms with E-state index >= 15 is 0 Å². The molecule has 2 N–H and O–H groups in total. The number of rotatable bonds is 8. The summed E-state index contributed by atoms with van der Waals surface area (Å²) in [7, 11) is -3.51. The molecule has 1 aromatic carbocycles. The minimum atomic E-state index is -3.51. The van der Waals surface area contributed by atoms with Gasteiger partial charge in [0.25, 0.3) is 0 Å². The van der Waals surface area contributed by atoms with Crippen LogP contribution in [0.1, 0.15) is 27.2 Å². The summed E-state index contributed by atoms with van der Waals surface area (Å²) in [4.78, 5) is 4.32. The highest BCUT2D eigenvalue weighted by atomic mass is 35.5. The molecule has 24 heavy (non-hydrogen) atoms. The van der Waals surface area contributed by atoms with Gasteiger partial charge >= 0.3 is 0 Å². The zero-order valence-electron chi connectivity index (χ0n) is 14.3. The van der Waals surface area contributed by atoms with Gasteiger partial charge in [-0.1, -0.05) is 19.9 Å². The lowest BCUT2D eigenvalue weighted by Crippen LogP contribution is -2.40. The van der Waals surface area contributed by atoms with Crippen molar-refractivity contribution in [3.63, 3.8) is 0 Å². The summed E-state index contributed by atoms with van der Waals surface area (Å²) < 4.78 is 27.7. The molecular weight excluding hydrogens is 346 g/mol. The van der Waals surface area contributed by atoms with Crippen molar-refractivity contribution in [2.45, 2.75) is 38.1 Å². The van der Waals surface area contributed by atoms with Crippen molar-refractivity contribution in [3.05, 3.63) is 36.7 Å². The molecule has 0 amide bonds. The van der Waals surface area contributed by atoms with Gasteiger partial charge < -0.3 is 5.32 Å². The zero-order chi connectivity index (χ0) is 16.9. The third kappa shape index (κ3) is 6.02. The van der Waals surface area contributed by atoms with Crippen molar-refractivity contribution in [3.8, 4) is 0 Å². The van der Waals surface area contributed by atoms with Crippen molar-refractivity contribution in [2.24, 2.45) is 5.92 Å². The number of pyridine rings is 1. The Kier molecular flexibility index (Phi) is 8.09. The molecule has 2 aromatic rings. The molecule has 0 saturated carbocycles. The molecule has 1 heterocycles. The Morgan fingerprint density at radius 1 is 1.12 bits per heavy atom. The van der Waals surface area contributed by atoms with Crippen LogP contribution in [0.25, 0.3) is 10.8 Å². The fraction of sp³-hybridized carbons (Fsp3) is 0.471. The molecular formula is C17H26ClN3O2S. The zero-order valence-corrected chi connectivity index (χ0v) is 16.0. The van der Waals surface area contributed by atoms with E-state index in [0.29, 0.717) is 12.5 Å². The lowest BCUT2D eigenvalue weighted by Gasteiger charge is -2.16. The van der Waals surface area contributed by atoms with Crippen LogP contribution in [0.5, 0.6) is 0 Å². The highest BCUT2D eigenvalue weighted by Crippen LogP contribution is 2.18. The Bertz CT molecular complexity index is 750. The minimum absolute atomic E-state index is 0. The number of aromatic nitrogens is 1. The number of halogens is 1. The van der Waals surface area contributed by atoms with Crippen LogP contribution in [0, 0.1) is 5.92 Å². The van der Waals surface area contributed by atoms with E-state index in [9.17, 15) is 8.42 Å². The van der Waals surface area contributed by atoms with E-state index < -0.39 is 10.0 Å². The van der Waals surface area contributed by atoms with Crippen LogP contribution in [-0.2, 0) is 10.0 Å². The monoisotopic (exact) mass is 371 g/mol. The highest BCUT2D eigenvalue weighted by molar-refractivity contribution is 7.89. The Hall–Kier alpha value is -1.21. The van der Waals surface area contributed by atoms with E-state index in [4.69, 9.17) is 0 Å². The van der Waals surface area contributed by atoms with Gasteiger partial charge in [-0.3, -0.25) is 4.98 Å². The van der Waals surface area contributed by atoms with E-state index in [1.165, 1.54) is 0 Å². The Morgan fingerprint density at radius 2 is 1.88 bits per heavy atom. The van der Waals surface area contributed by atoms with Crippen LogP contribution in [0.2, 0.25) is 0 Å². The summed E-state index contributed by atoms with van der Waals surface area (Å²) in [5.41, 5.74) is 0. The van der Waals surface area contributed by atoms with Gasteiger partial charge in [-0.25, -0.2) is 13.1 Å². The molecule has 0 aliphatic carbocycles. The molecule has 2 rings (SSSR count). The predicted molar refractivity (Wildman–Crippen MR) is 101 cm³/mol. The SMILES string of the molecule is CC(C)CCNC[C@@H](C)NS(=O)(=O)c1ccc2cnccc2c1.Cl. The summed E-state index contributed by atoms with van der Waals surface area (Å²) in [5, 5.41) is 5.08. The number of sulfonamides is 1. The summed E-state index contributed by atoms with van der Waals surface area (Å²) >= 11 is 0. The molecule has 0 saturated heterocycles. The van der Waals surface area contributed by atoms with Crippen LogP contribution in [-0.4, -0.2) is 32.5 Å². The third-order valence-corrected chi connectivity index (χ3v) is 5.21. The van der Waals surface area contributed by atoms with E-state index in [-0.39, 0.29) is 23.3 Å². The summed E-state index contributed by atoms with van der Waals surface area (Å²) in [6.07, 6.45) is 4.46. The molecule has 0 bridgehead atoms.